The number of nitrogens with one attached hydrogen (secondary N) is 1. The molecular weight excluding hydrogens is 312 g/mol. The highest BCUT2D eigenvalue weighted by molar-refractivity contribution is 7.98. The van der Waals surface area contributed by atoms with Crippen LogP contribution in [0.5, 0.6) is 0 Å². The first-order valence-corrected chi connectivity index (χ1v) is 10.4. The van der Waals surface area contributed by atoms with Gasteiger partial charge in [0.25, 0.3) is 0 Å². The van der Waals surface area contributed by atoms with E-state index in [0.717, 1.165) is 29.2 Å². The van der Waals surface area contributed by atoms with E-state index in [1.54, 1.807) is 18.8 Å². The third kappa shape index (κ3) is 4.46. The highest BCUT2D eigenvalue weighted by atomic mass is 32.2. The highest BCUT2D eigenvalue weighted by Crippen LogP contribution is 2.29. The van der Waals surface area contributed by atoms with Crippen LogP contribution in [0.25, 0.3) is 0 Å². The Kier molecular flexibility index (Phi) is 7.53. The maximum atomic E-state index is 12.7. The monoisotopic (exact) mass is 336 g/mol. The molecule has 0 spiro atoms. The summed E-state index contributed by atoms with van der Waals surface area (Å²) in [5, 5.41) is 5.21. The van der Waals surface area contributed by atoms with Crippen molar-refractivity contribution in [3.63, 3.8) is 0 Å². The summed E-state index contributed by atoms with van der Waals surface area (Å²) in [4.78, 5) is 1.40. The molecule has 0 aliphatic rings. The van der Waals surface area contributed by atoms with Gasteiger partial charge in [-0.15, -0.1) is 11.3 Å². The Hall–Kier alpha value is -0.0800. The molecule has 1 rings (SSSR count). The van der Waals surface area contributed by atoms with Crippen LogP contribution < -0.4 is 5.32 Å². The number of hydrogen-bond donors (Lipinski definition) is 1. The smallest absolute Gasteiger partial charge is 0.244 e. The third-order valence-electron chi connectivity index (χ3n) is 2.98. The molecule has 0 aliphatic carbocycles. The molecule has 116 valence electrons. The van der Waals surface area contributed by atoms with Crippen molar-refractivity contribution < 1.29 is 8.42 Å². The first kappa shape index (κ1) is 18.0. The minimum atomic E-state index is -3.38. The fourth-order valence-corrected chi connectivity index (χ4v) is 5.30. The quantitative estimate of drug-likeness (QED) is 0.704. The molecule has 0 saturated heterocycles. The third-order valence-corrected chi connectivity index (χ3v) is 6.89. The van der Waals surface area contributed by atoms with Crippen molar-refractivity contribution in [1.82, 2.24) is 9.62 Å². The number of rotatable bonds is 9. The van der Waals surface area contributed by atoms with Gasteiger partial charge in [-0.1, -0.05) is 6.92 Å². The Morgan fingerprint density at radius 3 is 2.75 bits per heavy atom. The molecule has 0 fully saturated rings. The van der Waals surface area contributed by atoms with E-state index < -0.39 is 10.0 Å². The topological polar surface area (TPSA) is 49.4 Å². The molecule has 0 atom stereocenters. The van der Waals surface area contributed by atoms with E-state index in [2.05, 4.69) is 12.2 Å². The molecule has 1 aromatic rings. The van der Waals surface area contributed by atoms with Crippen LogP contribution in [0.3, 0.4) is 0 Å². The fraction of sp³-hybridized carbons (Fsp3) is 0.692. The molecule has 1 heterocycles. The minimum Gasteiger partial charge on any atom is -0.312 e. The minimum absolute atomic E-state index is 0.495. The van der Waals surface area contributed by atoms with E-state index in [-0.39, 0.29) is 0 Å². The molecule has 0 radical (unpaired) electrons. The Balaban J connectivity index is 2.95. The maximum absolute atomic E-state index is 12.7. The molecule has 0 saturated carbocycles. The molecule has 1 aromatic heterocycles. The van der Waals surface area contributed by atoms with Gasteiger partial charge < -0.3 is 5.32 Å². The second-order valence-electron chi connectivity index (χ2n) is 4.67. The van der Waals surface area contributed by atoms with Gasteiger partial charge >= 0.3 is 0 Å². The number of aryl methyl sites for hydroxylation is 1. The lowest BCUT2D eigenvalue weighted by Gasteiger charge is -2.18. The second kappa shape index (κ2) is 8.38. The largest absolute Gasteiger partial charge is 0.312 e. The van der Waals surface area contributed by atoms with Crippen LogP contribution in [0.4, 0.5) is 0 Å². The normalized spacial score (nSPS) is 12.2. The number of nitrogens with zero attached hydrogens (tertiary/aromatic N) is 1. The van der Waals surface area contributed by atoms with Crippen molar-refractivity contribution in [1.29, 1.82) is 0 Å². The average Bonchev–Trinajstić information content (AvgIpc) is 2.78. The summed E-state index contributed by atoms with van der Waals surface area (Å²) >= 11 is 3.17. The fourth-order valence-electron chi connectivity index (χ4n) is 1.83. The first-order chi connectivity index (χ1) is 9.45. The van der Waals surface area contributed by atoms with E-state index in [1.165, 1.54) is 15.6 Å². The zero-order valence-electron chi connectivity index (χ0n) is 12.6. The van der Waals surface area contributed by atoms with Gasteiger partial charge in [-0.05, 0) is 37.1 Å². The van der Waals surface area contributed by atoms with E-state index >= 15 is 0 Å². The summed E-state index contributed by atoms with van der Waals surface area (Å²) in [6, 6.07) is 0. The second-order valence-corrected chi connectivity index (χ2v) is 8.60. The van der Waals surface area contributed by atoms with Crippen LogP contribution in [0.1, 0.15) is 23.8 Å². The summed E-state index contributed by atoms with van der Waals surface area (Å²) in [5.74, 6) is 0.808. The summed E-state index contributed by atoms with van der Waals surface area (Å²) in [7, 11) is -1.72. The molecular formula is C13H24N2O2S3. The van der Waals surface area contributed by atoms with Crippen LogP contribution in [0.2, 0.25) is 0 Å². The summed E-state index contributed by atoms with van der Waals surface area (Å²) in [6.07, 6.45) is 3.02. The molecule has 0 unspecified atom stereocenters. The zero-order valence-corrected chi connectivity index (χ0v) is 15.1. The van der Waals surface area contributed by atoms with Crippen molar-refractivity contribution in [2.75, 3.05) is 32.1 Å². The summed E-state index contributed by atoms with van der Waals surface area (Å²) in [5.41, 5.74) is 0.847. The van der Waals surface area contributed by atoms with Gasteiger partial charge in [-0.2, -0.15) is 11.8 Å². The van der Waals surface area contributed by atoms with E-state index in [0.29, 0.717) is 18.0 Å². The van der Waals surface area contributed by atoms with Gasteiger partial charge in [0.1, 0.15) is 4.90 Å². The predicted molar refractivity (Wildman–Crippen MR) is 89.3 cm³/mol. The van der Waals surface area contributed by atoms with Crippen molar-refractivity contribution in [3.05, 3.63) is 15.8 Å². The maximum Gasteiger partial charge on any atom is 0.244 e. The molecule has 0 bridgehead atoms. The summed E-state index contributed by atoms with van der Waals surface area (Å²) < 4.78 is 26.8. The van der Waals surface area contributed by atoms with Gasteiger partial charge in [-0.3, -0.25) is 0 Å². The summed E-state index contributed by atoms with van der Waals surface area (Å²) in [6.45, 7) is 6.03. The predicted octanol–water partition coefficient (Wildman–Crippen LogP) is 2.54. The number of thioether (sulfide) groups is 1. The highest BCUT2D eigenvalue weighted by Gasteiger charge is 2.26. The molecule has 1 N–H and O–H groups in total. The van der Waals surface area contributed by atoms with E-state index in [4.69, 9.17) is 0 Å². The molecule has 0 aromatic carbocycles. The van der Waals surface area contributed by atoms with Gasteiger partial charge in [0.05, 0.1) is 0 Å². The van der Waals surface area contributed by atoms with Crippen LogP contribution in [-0.2, 0) is 16.6 Å². The lowest BCUT2D eigenvalue weighted by molar-refractivity contribution is 0.487. The Labute approximate surface area is 131 Å². The standard InChI is InChI=1S/C13H24N2O2S3/c1-5-6-14-9-12-13(11(2)10-19-12)20(16,17)15(3)7-8-18-4/h10,14H,5-9H2,1-4H3. The number of hydrogen-bond acceptors (Lipinski definition) is 5. The van der Waals surface area contributed by atoms with Gasteiger partial charge in [-0.25, -0.2) is 12.7 Å². The Morgan fingerprint density at radius 2 is 2.15 bits per heavy atom. The average molecular weight is 337 g/mol. The van der Waals surface area contributed by atoms with E-state index in [1.807, 2.05) is 18.6 Å². The van der Waals surface area contributed by atoms with Gasteiger partial charge in [0, 0.05) is 30.8 Å². The Bertz CT molecular complexity index is 512. The van der Waals surface area contributed by atoms with Crippen molar-refractivity contribution >= 4 is 33.1 Å². The van der Waals surface area contributed by atoms with Crippen LogP contribution >= 0.6 is 23.1 Å². The number of sulfonamides is 1. The van der Waals surface area contributed by atoms with Crippen molar-refractivity contribution in [2.45, 2.75) is 31.7 Å². The van der Waals surface area contributed by atoms with Crippen LogP contribution in [0.15, 0.2) is 10.3 Å². The van der Waals surface area contributed by atoms with Gasteiger partial charge in [0.15, 0.2) is 0 Å². The lowest BCUT2D eigenvalue weighted by Crippen LogP contribution is -2.30. The molecule has 4 nitrogen and oxygen atoms in total. The van der Waals surface area contributed by atoms with Crippen LogP contribution in [-0.4, -0.2) is 44.9 Å². The van der Waals surface area contributed by atoms with Crippen molar-refractivity contribution in [3.8, 4) is 0 Å². The molecule has 20 heavy (non-hydrogen) atoms. The zero-order chi connectivity index (χ0) is 15.2. The number of thiophene rings is 1. The SMILES string of the molecule is CCCNCc1scc(C)c1S(=O)(=O)N(C)CCSC. The molecule has 0 aliphatic heterocycles. The van der Waals surface area contributed by atoms with Crippen molar-refractivity contribution in [2.24, 2.45) is 0 Å². The molecule has 7 heteroatoms. The Morgan fingerprint density at radius 1 is 1.45 bits per heavy atom. The lowest BCUT2D eigenvalue weighted by atomic mass is 10.3. The first-order valence-electron chi connectivity index (χ1n) is 6.68. The van der Waals surface area contributed by atoms with Crippen LogP contribution in [0, 0.1) is 6.92 Å². The van der Waals surface area contributed by atoms with E-state index in [9.17, 15) is 8.42 Å². The molecule has 0 amide bonds. The van der Waals surface area contributed by atoms with Gasteiger partial charge in [0.2, 0.25) is 10.0 Å².